The Morgan fingerprint density at radius 2 is 1.69 bits per heavy atom. The van der Waals surface area contributed by atoms with E-state index >= 15 is 0 Å². The van der Waals surface area contributed by atoms with Gasteiger partial charge in [-0.2, -0.15) is 5.26 Å². The van der Waals surface area contributed by atoms with Gasteiger partial charge >= 0.3 is 5.97 Å². The number of esters is 1. The van der Waals surface area contributed by atoms with Gasteiger partial charge in [-0.1, -0.05) is 30.3 Å². The maximum Gasteiger partial charge on any atom is 0.344 e. The summed E-state index contributed by atoms with van der Waals surface area (Å²) in [6, 6.07) is 20.1. The molecule has 0 saturated heterocycles. The summed E-state index contributed by atoms with van der Waals surface area (Å²) in [7, 11) is 0. The van der Waals surface area contributed by atoms with Crippen LogP contribution in [0.4, 0.5) is 0 Å². The van der Waals surface area contributed by atoms with E-state index in [0.717, 1.165) is 17.1 Å². The smallest absolute Gasteiger partial charge is 0.344 e. The molecule has 0 unspecified atom stereocenters. The minimum Gasteiger partial charge on any atom is -0.481 e. The Morgan fingerprint density at radius 3 is 2.41 bits per heavy atom. The summed E-state index contributed by atoms with van der Waals surface area (Å²) in [4.78, 5) is 24.5. The Labute approximate surface area is 168 Å². The van der Waals surface area contributed by atoms with E-state index in [4.69, 9.17) is 14.7 Å². The molecule has 0 amide bonds. The molecule has 6 heteroatoms. The molecule has 1 aromatic heterocycles. The summed E-state index contributed by atoms with van der Waals surface area (Å²) in [5, 5.41) is 9.03. The van der Waals surface area contributed by atoms with Crippen LogP contribution in [0.1, 0.15) is 27.3 Å². The van der Waals surface area contributed by atoms with E-state index in [9.17, 15) is 9.59 Å². The van der Waals surface area contributed by atoms with E-state index in [1.54, 1.807) is 30.3 Å². The van der Waals surface area contributed by atoms with Gasteiger partial charge < -0.3 is 14.0 Å². The molecule has 146 valence electrons. The summed E-state index contributed by atoms with van der Waals surface area (Å²) in [6.45, 7) is 3.02. The number of aryl methyl sites for hydroxylation is 1. The summed E-state index contributed by atoms with van der Waals surface area (Å²) in [6.07, 6.45) is 0. The van der Waals surface area contributed by atoms with E-state index in [1.807, 2.05) is 54.8 Å². The number of rotatable bonds is 7. The van der Waals surface area contributed by atoms with Crippen molar-refractivity contribution in [2.24, 2.45) is 0 Å². The van der Waals surface area contributed by atoms with Crippen molar-refractivity contribution in [1.82, 2.24) is 4.57 Å². The largest absolute Gasteiger partial charge is 0.481 e. The van der Waals surface area contributed by atoms with E-state index in [2.05, 4.69) is 0 Å². The van der Waals surface area contributed by atoms with Crippen molar-refractivity contribution in [1.29, 1.82) is 5.26 Å². The fraction of sp³-hybridized carbons (Fsp3) is 0.174. The molecule has 0 aliphatic heterocycles. The zero-order chi connectivity index (χ0) is 20.8. The number of ketones is 1. The minimum absolute atomic E-state index is 0.286. The minimum atomic E-state index is -0.678. The lowest BCUT2D eigenvalue weighted by Gasteiger charge is -2.10. The number of para-hydroxylation sites is 2. The summed E-state index contributed by atoms with van der Waals surface area (Å²) in [5.74, 6) is -0.668. The second-order valence-electron chi connectivity index (χ2n) is 6.44. The maximum absolute atomic E-state index is 12.6. The van der Waals surface area contributed by atoms with Crippen LogP contribution in [0, 0.1) is 25.2 Å². The van der Waals surface area contributed by atoms with Gasteiger partial charge in [0, 0.05) is 22.6 Å². The molecule has 1 heterocycles. The molecule has 0 aliphatic rings. The van der Waals surface area contributed by atoms with E-state index < -0.39 is 5.97 Å². The predicted octanol–water partition coefficient (Wildman–Crippen LogP) is 3.77. The molecular formula is C23H20N2O4. The first-order valence-electron chi connectivity index (χ1n) is 9.06. The van der Waals surface area contributed by atoms with Crippen molar-refractivity contribution in [3.63, 3.8) is 0 Å². The van der Waals surface area contributed by atoms with Crippen LogP contribution >= 0.6 is 0 Å². The van der Waals surface area contributed by atoms with Gasteiger partial charge in [-0.25, -0.2) is 4.79 Å². The SMILES string of the molecule is Cc1cc(C(=O)COC(=O)COc2ccccc2C#N)c(C)n1-c1ccccc1. The lowest BCUT2D eigenvalue weighted by atomic mass is 10.1. The quantitative estimate of drug-likeness (QED) is 0.455. The zero-order valence-electron chi connectivity index (χ0n) is 16.2. The lowest BCUT2D eigenvalue weighted by Crippen LogP contribution is -2.20. The number of benzene rings is 2. The van der Waals surface area contributed by atoms with E-state index in [-0.39, 0.29) is 19.0 Å². The van der Waals surface area contributed by atoms with Gasteiger partial charge in [0.05, 0.1) is 5.56 Å². The maximum atomic E-state index is 12.6. The molecular weight excluding hydrogens is 368 g/mol. The molecule has 29 heavy (non-hydrogen) atoms. The molecule has 3 rings (SSSR count). The highest BCUT2D eigenvalue weighted by molar-refractivity contribution is 5.99. The molecule has 0 atom stereocenters. The number of carbonyl (C=O) groups excluding carboxylic acids is 2. The Morgan fingerprint density at radius 1 is 1.00 bits per heavy atom. The van der Waals surface area contributed by atoms with Crippen molar-refractivity contribution >= 4 is 11.8 Å². The monoisotopic (exact) mass is 388 g/mol. The molecule has 0 N–H and O–H groups in total. The molecule has 2 aromatic carbocycles. The van der Waals surface area contributed by atoms with Crippen LogP contribution in [-0.4, -0.2) is 29.5 Å². The molecule has 0 fully saturated rings. The molecule has 0 bridgehead atoms. The number of ether oxygens (including phenoxy) is 2. The van der Waals surface area contributed by atoms with Gasteiger partial charge in [-0.05, 0) is 44.2 Å². The number of carbonyl (C=O) groups is 2. The normalized spacial score (nSPS) is 10.2. The van der Waals surface area contributed by atoms with Gasteiger partial charge in [0.15, 0.2) is 13.2 Å². The fourth-order valence-corrected chi connectivity index (χ4v) is 3.11. The zero-order valence-corrected chi connectivity index (χ0v) is 16.2. The van der Waals surface area contributed by atoms with Crippen LogP contribution in [-0.2, 0) is 9.53 Å². The Bertz CT molecular complexity index is 1080. The topological polar surface area (TPSA) is 81.3 Å². The first-order valence-corrected chi connectivity index (χ1v) is 9.06. The number of nitriles is 1. The molecule has 6 nitrogen and oxygen atoms in total. The lowest BCUT2D eigenvalue weighted by molar-refractivity contribution is -0.144. The van der Waals surface area contributed by atoms with Gasteiger partial charge in [0.1, 0.15) is 11.8 Å². The highest BCUT2D eigenvalue weighted by Crippen LogP contribution is 2.21. The van der Waals surface area contributed by atoms with Crippen LogP contribution < -0.4 is 4.74 Å². The van der Waals surface area contributed by atoms with E-state index in [1.165, 1.54) is 0 Å². The van der Waals surface area contributed by atoms with Crippen molar-refractivity contribution in [3.8, 4) is 17.5 Å². The summed E-state index contributed by atoms with van der Waals surface area (Å²) < 4.78 is 12.4. The highest BCUT2D eigenvalue weighted by Gasteiger charge is 2.18. The number of Topliss-reactive ketones (excluding diaryl/α,β-unsaturated/α-hetero) is 1. The predicted molar refractivity (Wildman–Crippen MR) is 107 cm³/mol. The Hall–Kier alpha value is -3.85. The number of hydrogen-bond donors (Lipinski definition) is 0. The Kier molecular flexibility index (Phi) is 6.10. The van der Waals surface area contributed by atoms with Crippen LogP contribution in [0.3, 0.4) is 0 Å². The van der Waals surface area contributed by atoms with Crippen molar-refractivity contribution in [2.75, 3.05) is 13.2 Å². The third-order valence-corrected chi connectivity index (χ3v) is 4.46. The molecule has 0 radical (unpaired) electrons. The highest BCUT2D eigenvalue weighted by atomic mass is 16.6. The molecule has 0 saturated carbocycles. The number of hydrogen-bond acceptors (Lipinski definition) is 5. The Balaban J connectivity index is 1.61. The van der Waals surface area contributed by atoms with Gasteiger partial charge in [0.25, 0.3) is 0 Å². The summed E-state index contributed by atoms with van der Waals surface area (Å²) >= 11 is 0. The first kappa shape index (κ1) is 19.9. The second-order valence-corrected chi connectivity index (χ2v) is 6.44. The van der Waals surface area contributed by atoms with Crippen LogP contribution in [0.5, 0.6) is 5.75 Å². The third kappa shape index (κ3) is 4.53. The standard InChI is InChI=1S/C23H20N2O4/c1-16-12-20(17(2)25(16)19-9-4-3-5-10-19)21(26)14-29-23(27)15-28-22-11-7-6-8-18(22)13-24/h3-12H,14-15H2,1-2H3. The second kappa shape index (κ2) is 8.89. The van der Waals surface area contributed by atoms with Gasteiger partial charge in [0.2, 0.25) is 5.78 Å². The molecule has 3 aromatic rings. The van der Waals surface area contributed by atoms with Crippen molar-refractivity contribution in [3.05, 3.63) is 83.2 Å². The first-order chi connectivity index (χ1) is 14.0. The fourth-order valence-electron chi connectivity index (χ4n) is 3.11. The average Bonchev–Trinajstić information content (AvgIpc) is 3.05. The van der Waals surface area contributed by atoms with Crippen LogP contribution in [0.25, 0.3) is 5.69 Å². The van der Waals surface area contributed by atoms with Gasteiger partial charge in [-0.3, -0.25) is 4.79 Å². The van der Waals surface area contributed by atoms with Crippen LogP contribution in [0.2, 0.25) is 0 Å². The average molecular weight is 388 g/mol. The summed E-state index contributed by atoms with van der Waals surface area (Å²) in [5.41, 5.74) is 3.50. The number of nitrogens with zero attached hydrogens (tertiary/aromatic N) is 2. The molecule has 0 spiro atoms. The molecule has 0 aliphatic carbocycles. The number of aromatic nitrogens is 1. The van der Waals surface area contributed by atoms with Gasteiger partial charge in [-0.15, -0.1) is 0 Å². The van der Waals surface area contributed by atoms with Crippen LogP contribution in [0.15, 0.2) is 60.7 Å². The van der Waals surface area contributed by atoms with Crippen molar-refractivity contribution in [2.45, 2.75) is 13.8 Å². The van der Waals surface area contributed by atoms with E-state index in [0.29, 0.717) is 16.9 Å². The van der Waals surface area contributed by atoms with Crippen molar-refractivity contribution < 1.29 is 19.1 Å². The third-order valence-electron chi connectivity index (χ3n) is 4.46.